The monoisotopic (exact) mass is 374 g/mol. The van der Waals surface area contributed by atoms with Gasteiger partial charge in [-0.05, 0) is 65.2 Å². The molecule has 1 aliphatic rings. The number of nitrogens with two attached hydrogens (primary N) is 1. The van der Waals surface area contributed by atoms with E-state index < -0.39 is 18.0 Å². The Morgan fingerprint density at radius 3 is 2.33 bits per heavy atom. The minimum absolute atomic E-state index is 0.281. The SMILES string of the molecule is CCOC(OCC)c1cc2ccc(C3(N)CC3)cc2n1C(=O)OC(C)(C)C. The van der Waals surface area contributed by atoms with Gasteiger partial charge in [0.2, 0.25) is 0 Å². The van der Waals surface area contributed by atoms with Crippen molar-refractivity contribution in [3.05, 3.63) is 35.5 Å². The fourth-order valence-corrected chi connectivity index (χ4v) is 3.16. The lowest BCUT2D eigenvalue weighted by Crippen LogP contribution is -2.29. The molecular formula is C21H30N2O4. The third kappa shape index (κ3) is 4.18. The summed E-state index contributed by atoms with van der Waals surface area (Å²) in [7, 11) is 0. The van der Waals surface area contributed by atoms with Crippen molar-refractivity contribution in [1.82, 2.24) is 4.57 Å². The molecule has 0 amide bonds. The largest absolute Gasteiger partial charge is 0.443 e. The van der Waals surface area contributed by atoms with Crippen LogP contribution >= 0.6 is 0 Å². The molecule has 27 heavy (non-hydrogen) atoms. The van der Waals surface area contributed by atoms with Crippen LogP contribution in [0.25, 0.3) is 10.9 Å². The van der Waals surface area contributed by atoms with Crippen molar-refractivity contribution in [2.75, 3.05) is 13.2 Å². The summed E-state index contributed by atoms with van der Waals surface area (Å²) < 4.78 is 18.7. The van der Waals surface area contributed by atoms with Gasteiger partial charge in [0.15, 0.2) is 6.29 Å². The number of hydrogen-bond acceptors (Lipinski definition) is 5. The molecule has 1 fully saturated rings. The molecular weight excluding hydrogens is 344 g/mol. The Morgan fingerprint density at radius 1 is 1.19 bits per heavy atom. The molecule has 6 heteroatoms. The molecule has 1 aromatic carbocycles. The van der Waals surface area contributed by atoms with Gasteiger partial charge in [0, 0.05) is 24.1 Å². The predicted molar refractivity (Wildman–Crippen MR) is 105 cm³/mol. The topological polar surface area (TPSA) is 75.7 Å². The van der Waals surface area contributed by atoms with Crippen molar-refractivity contribution in [3.8, 4) is 0 Å². The summed E-state index contributed by atoms with van der Waals surface area (Å²) in [6.07, 6.45) is 0.824. The molecule has 1 heterocycles. The van der Waals surface area contributed by atoms with Gasteiger partial charge in [-0.15, -0.1) is 0 Å². The van der Waals surface area contributed by atoms with Gasteiger partial charge in [-0.3, -0.25) is 0 Å². The van der Waals surface area contributed by atoms with Crippen LogP contribution in [0, 0.1) is 0 Å². The molecule has 0 atom stereocenters. The molecule has 1 aliphatic carbocycles. The summed E-state index contributed by atoms with van der Waals surface area (Å²) >= 11 is 0. The zero-order valence-electron chi connectivity index (χ0n) is 16.9. The summed E-state index contributed by atoms with van der Waals surface area (Å²) in [6, 6.07) is 7.95. The zero-order chi connectivity index (χ0) is 19.8. The highest BCUT2D eigenvalue weighted by molar-refractivity contribution is 5.91. The normalized spacial score (nSPS) is 16.1. The number of hydrogen-bond donors (Lipinski definition) is 1. The van der Waals surface area contributed by atoms with Gasteiger partial charge in [0.1, 0.15) is 5.60 Å². The van der Waals surface area contributed by atoms with Crippen LogP contribution in [0.5, 0.6) is 0 Å². The number of fused-ring (bicyclic) bond motifs is 1. The number of rotatable bonds is 6. The second-order valence-electron chi connectivity index (χ2n) is 8.06. The molecule has 2 aromatic rings. The third-order valence-electron chi connectivity index (χ3n) is 4.65. The van der Waals surface area contributed by atoms with Gasteiger partial charge in [-0.1, -0.05) is 12.1 Å². The van der Waals surface area contributed by atoms with Crippen molar-refractivity contribution in [2.45, 2.75) is 64.9 Å². The van der Waals surface area contributed by atoms with Crippen molar-refractivity contribution in [3.63, 3.8) is 0 Å². The number of carbonyl (C=O) groups excluding carboxylic acids is 1. The van der Waals surface area contributed by atoms with Crippen LogP contribution in [-0.2, 0) is 19.7 Å². The Kier molecular flexibility index (Phi) is 5.34. The van der Waals surface area contributed by atoms with Crippen LogP contribution in [0.4, 0.5) is 4.79 Å². The minimum Gasteiger partial charge on any atom is -0.443 e. The third-order valence-corrected chi connectivity index (χ3v) is 4.65. The molecule has 1 aromatic heterocycles. The highest BCUT2D eigenvalue weighted by Gasteiger charge is 2.40. The first-order valence-corrected chi connectivity index (χ1v) is 9.60. The predicted octanol–water partition coefficient (Wildman–Crippen LogP) is 4.44. The van der Waals surface area contributed by atoms with Gasteiger partial charge < -0.3 is 19.9 Å². The molecule has 0 aliphatic heterocycles. The van der Waals surface area contributed by atoms with Crippen LogP contribution in [-0.4, -0.2) is 29.5 Å². The zero-order valence-corrected chi connectivity index (χ0v) is 16.9. The van der Waals surface area contributed by atoms with E-state index in [0.29, 0.717) is 18.9 Å². The molecule has 0 saturated heterocycles. The second kappa shape index (κ2) is 7.26. The number of nitrogens with zero attached hydrogens (tertiary/aromatic N) is 1. The van der Waals surface area contributed by atoms with E-state index in [4.69, 9.17) is 19.9 Å². The van der Waals surface area contributed by atoms with Crippen LogP contribution in [0.15, 0.2) is 24.3 Å². The van der Waals surface area contributed by atoms with E-state index in [9.17, 15) is 4.79 Å². The fraction of sp³-hybridized carbons (Fsp3) is 0.571. The number of ether oxygens (including phenoxy) is 3. The summed E-state index contributed by atoms with van der Waals surface area (Å²) in [4.78, 5) is 13.0. The maximum atomic E-state index is 13.0. The first-order valence-electron chi connectivity index (χ1n) is 9.60. The second-order valence-corrected chi connectivity index (χ2v) is 8.06. The van der Waals surface area contributed by atoms with E-state index in [1.54, 1.807) is 4.57 Å². The van der Waals surface area contributed by atoms with E-state index in [2.05, 4.69) is 0 Å². The molecule has 1 saturated carbocycles. The Hall–Kier alpha value is -1.89. The summed E-state index contributed by atoms with van der Waals surface area (Å²) in [5.41, 5.74) is 7.91. The lowest BCUT2D eigenvalue weighted by atomic mass is 10.0. The van der Waals surface area contributed by atoms with Crippen LogP contribution in [0.2, 0.25) is 0 Å². The van der Waals surface area contributed by atoms with E-state index in [1.165, 1.54) is 0 Å². The fourth-order valence-electron chi connectivity index (χ4n) is 3.16. The van der Waals surface area contributed by atoms with Crippen molar-refractivity contribution in [1.29, 1.82) is 0 Å². The highest BCUT2D eigenvalue weighted by atomic mass is 16.7. The van der Waals surface area contributed by atoms with Gasteiger partial charge in [-0.25, -0.2) is 9.36 Å². The number of aromatic nitrogens is 1. The molecule has 2 N–H and O–H groups in total. The van der Waals surface area contributed by atoms with Gasteiger partial charge in [0.25, 0.3) is 0 Å². The molecule has 6 nitrogen and oxygen atoms in total. The Bertz CT molecular complexity index is 825. The van der Waals surface area contributed by atoms with Crippen molar-refractivity contribution in [2.24, 2.45) is 5.73 Å². The van der Waals surface area contributed by atoms with Crippen molar-refractivity contribution >= 4 is 17.0 Å². The van der Waals surface area contributed by atoms with Crippen LogP contribution < -0.4 is 5.73 Å². The van der Waals surface area contributed by atoms with E-state index in [-0.39, 0.29) is 5.54 Å². The Morgan fingerprint density at radius 2 is 1.81 bits per heavy atom. The summed E-state index contributed by atoms with van der Waals surface area (Å²) in [6.45, 7) is 10.3. The average molecular weight is 374 g/mol. The van der Waals surface area contributed by atoms with Gasteiger partial charge in [0.05, 0.1) is 11.2 Å². The van der Waals surface area contributed by atoms with Crippen molar-refractivity contribution < 1.29 is 19.0 Å². The molecule has 0 radical (unpaired) electrons. The number of carbonyl (C=O) groups is 1. The molecule has 148 valence electrons. The highest BCUT2D eigenvalue weighted by Crippen LogP contribution is 2.43. The summed E-state index contributed by atoms with van der Waals surface area (Å²) in [5, 5.41) is 0.924. The molecule has 0 spiro atoms. The summed E-state index contributed by atoms with van der Waals surface area (Å²) in [5.74, 6) is 0. The van der Waals surface area contributed by atoms with Crippen LogP contribution in [0.3, 0.4) is 0 Å². The van der Waals surface area contributed by atoms with Gasteiger partial charge >= 0.3 is 6.09 Å². The number of benzene rings is 1. The van der Waals surface area contributed by atoms with Gasteiger partial charge in [-0.2, -0.15) is 0 Å². The van der Waals surface area contributed by atoms with E-state index in [0.717, 1.165) is 29.3 Å². The molecule has 3 rings (SSSR count). The van der Waals surface area contributed by atoms with E-state index >= 15 is 0 Å². The lowest BCUT2D eigenvalue weighted by molar-refractivity contribution is -0.143. The Labute approximate surface area is 160 Å². The molecule has 0 bridgehead atoms. The maximum absolute atomic E-state index is 13.0. The lowest BCUT2D eigenvalue weighted by Gasteiger charge is -2.23. The molecule has 0 unspecified atom stereocenters. The quantitative estimate of drug-likeness (QED) is 0.756. The standard InChI is InChI=1S/C21H30N2O4/c1-6-25-18(26-7-2)17-12-14-8-9-15(21(22)10-11-21)13-16(14)23(17)19(24)27-20(3,4)5/h8-9,12-13,18H,6-7,10-11,22H2,1-5H3. The smallest absolute Gasteiger partial charge is 0.419 e. The maximum Gasteiger partial charge on any atom is 0.419 e. The first-order chi connectivity index (χ1) is 12.7. The average Bonchev–Trinajstić information content (AvgIpc) is 3.20. The van der Waals surface area contributed by atoms with E-state index in [1.807, 2.05) is 58.9 Å². The minimum atomic E-state index is -0.642. The Balaban J connectivity index is 2.14. The first kappa shape index (κ1) is 19.9. The van der Waals surface area contributed by atoms with Crippen LogP contribution in [0.1, 0.15) is 65.0 Å².